The average Bonchev–Trinajstić information content (AvgIpc) is 3.31. The van der Waals surface area contributed by atoms with Crippen LogP contribution >= 0.6 is 27.5 Å². The Balaban J connectivity index is 1.29. The molecule has 0 saturated heterocycles. The van der Waals surface area contributed by atoms with Crippen molar-refractivity contribution in [3.05, 3.63) is 93.2 Å². The number of hydrogen-bond donors (Lipinski definition) is 1. The monoisotopic (exact) mass is 637 g/mol. The lowest BCUT2D eigenvalue weighted by molar-refractivity contribution is -0.118. The topological polar surface area (TPSA) is 93.9 Å². The Labute approximate surface area is 251 Å². The maximum absolute atomic E-state index is 13.3. The highest BCUT2D eigenvalue weighted by atomic mass is 79.9. The first-order chi connectivity index (χ1) is 19.8. The standard InChI is InChI=1S/C31H29BrClN3O5/c1-20-26(33)7-3-9-28(20)40-14-4-10-29(37)36-13-5-15-41-30-24(6-2-8-27(30)36)23-17-34-35(19-23)18-22-12-11-21(31(38)39)16-25(22)32/h2-3,6-9,11-12,16-17,19H,4-5,10,13-15,18H2,1H3,(H,38,39). The molecular weight excluding hydrogens is 610 g/mol. The molecular formula is C31H29BrClN3O5. The number of amides is 1. The van der Waals surface area contributed by atoms with Crippen LogP contribution in [-0.2, 0) is 11.3 Å². The van der Waals surface area contributed by atoms with E-state index in [-0.39, 0.29) is 11.5 Å². The summed E-state index contributed by atoms with van der Waals surface area (Å²) < 4.78 is 14.5. The lowest BCUT2D eigenvalue weighted by Crippen LogP contribution is -2.31. The van der Waals surface area contributed by atoms with Gasteiger partial charge in [0.05, 0.1) is 37.2 Å². The molecule has 2 heterocycles. The number of hydrogen-bond acceptors (Lipinski definition) is 5. The highest BCUT2D eigenvalue weighted by Crippen LogP contribution is 2.40. The second kappa shape index (κ2) is 12.8. The molecule has 0 bridgehead atoms. The molecule has 0 saturated carbocycles. The fourth-order valence-electron chi connectivity index (χ4n) is 4.75. The molecule has 0 fully saturated rings. The van der Waals surface area contributed by atoms with Crippen LogP contribution in [0.2, 0.25) is 5.02 Å². The second-order valence-corrected chi connectivity index (χ2v) is 11.0. The van der Waals surface area contributed by atoms with E-state index >= 15 is 0 Å². The SMILES string of the molecule is Cc1c(Cl)cccc1OCCCC(=O)N1CCCOc2c(-c3cnn(Cc4ccc(C(=O)O)cc4Br)c3)cccc21. The fourth-order valence-corrected chi connectivity index (χ4v) is 5.42. The Hall–Kier alpha value is -3.82. The quantitative estimate of drug-likeness (QED) is 0.199. The molecule has 0 atom stereocenters. The van der Waals surface area contributed by atoms with Gasteiger partial charge >= 0.3 is 5.97 Å². The van der Waals surface area contributed by atoms with Gasteiger partial charge in [-0.15, -0.1) is 0 Å². The van der Waals surface area contributed by atoms with E-state index in [1.165, 1.54) is 0 Å². The highest BCUT2D eigenvalue weighted by Gasteiger charge is 2.25. The van der Waals surface area contributed by atoms with Crippen LogP contribution in [0.25, 0.3) is 11.1 Å². The van der Waals surface area contributed by atoms with Crippen molar-refractivity contribution in [2.75, 3.05) is 24.7 Å². The smallest absolute Gasteiger partial charge is 0.335 e. The molecule has 1 aliphatic rings. The lowest BCUT2D eigenvalue weighted by atomic mass is 10.1. The van der Waals surface area contributed by atoms with E-state index in [0.29, 0.717) is 54.4 Å². The van der Waals surface area contributed by atoms with Gasteiger partial charge in [0.25, 0.3) is 0 Å². The van der Waals surface area contributed by atoms with Crippen molar-refractivity contribution in [3.8, 4) is 22.6 Å². The molecule has 5 rings (SSSR count). The first-order valence-corrected chi connectivity index (χ1v) is 14.5. The van der Waals surface area contributed by atoms with Crippen LogP contribution < -0.4 is 14.4 Å². The molecule has 41 heavy (non-hydrogen) atoms. The summed E-state index contributed by atoms with van der Waals surface area (Å²) in [6.45, 7) is 3.86. The van der Waals surface area contributed by atoms with Gasteiger partial charge in [-0.1, -0.05) is 51.8 Å². The number of halogens is 2. The second-order valence-electron chi connectivity index (χ2n) is 9.75. The van der Waals surface area contributed by atoms with Crippen LogP contribution in [0.3, 0.4) is 0 Å². The molecule has 0 aliphatic carbocycles. The molecule has 1 aromatic heterocycles. The summed E-state index contributed by atoms with van der Waals surface area (Å²) in [5, 5.41) is 14.4. The van der Waals surface area contributed by atoms with Crippen LogP contribution in [0, 0.1) is 6.92 Å². The number of carbonyl (C=O) groups excluding carboxylic acids is 1. The molecule has 0 unspecified atom stereocenters. The van der Waals surface area contributed by atoms with Gasteiger partial charge in [-0.3, -0.25) is 9.48 Å². The fraction of sp³-hybridized carbons (Fsp3) is 0.258. The Bertz CT molecular complexity index is 1590. The number of ether oxygens (including phenoxy) is 2. The number of para-hydroxylation sites is 1. The Morgan fingerprint density at radius 2 is 2.00 bits per heavy atom. The lowest BCUT2D eigenvalue weighted by Gasteiger charge is -2.23. The van der Waals surface area contributed by atoms with E-state index in [4.69, 9.17) is 21.1 Å². The number of aromatic nitrogens is 2. The van der Waals surface area contributed by atoms with Gasteiger partial charge in [0.1, 0.15) is 5.75 Å². The largest absolute Gasteiger partial charge is 0.493 e. The summed E-state index contributed by atoms with van der Waals surface area (Å²) in [6.07, 6.45) is 5.33. The van der Waals surface area contributed by atoms with E-state index in [1.807, 2.05) is 54.4 Å². The molecule has 1 amide bonds. The molecule has 1 N–H and O–H groups in total. The van der Waals surface area contributed by atoms with Gasteiger partial charge < -0.3 is 19.5 Å². The predicted octanol–water partition coefficient (Wildman–Crippen LogP) is 7.00. The first-order valence-electron chi connectivity index (χ1n) is 13.3. The van der Waals surface area contributed by atoms with Crippen molar-refractivity contribution < 1.29 is 24.2 Å². The van der Waals surface area contributed by atoms with Gasteiger partial charge in [0.15, 0.2) is 5.75 Å². The van der Waals surface area contributed by atoms with E-state index in [0.717, 1.165) is 40.1 Å². The first kappa shape index (κ1) is 28.7. The Morgan fingerprint density at radius 1 is 1.17 bits per heavy atom. The minimum absolute atomic E-state index is 0.0191. The number of carboxylic acid groups (broad SMARTS) is 1. The van der Waals surface area contributed by atoms with Crippen molar-refractivity contribution in [1.82, 2.24) is 9.78 Å². The molecule has 0 spiro atoms. The van der Waals surface area contributed by atoms with Crippen LogP contribution in [0.1, 0.15) is 40.7 Å². The number of carboxylic acids is 1. The summed E-state index contributed by atoms with van der Waals surface area (Å²) in [7, 11) is 0. The van der Waals surface area contributed by atoms with Crippen molar-refractivity contribution in [2.24, 2.45) is 0 Å². The van der Waals surface area contributed by atoms with E-state index in [9.17, 15) is 14.7 Å². The van der Waals surface area contributed by atoms with Gasteiger partial charge in [0.2, 0.25) is 5.91 Å². The third-order valence-electron chi connectivity index (χ3n) is 6.95. The predicted molar refractivity (Wildman–Crippen MR) is 161 cm³/mol. The van der Waals surface area contributed by atoms with Crippen LogP contribution in [0.15, 0.2) is 71.5 Å². The minimum Gasteiger partial charge on any atom is -0.493 e. The average molecular weight is 639 g/mol. The van der Waals surface area contributed by atoms with E-state index in [1.54, 1.807) is 29.1 Å². The maximum Gasteiger partial charge on any atom is 0.335 e. The number of aromatic carboxylic acids is 1. The molecule has 212 valence electrons. The molecule has 0 radical (unpaired) electrons. The zero-order chi connectivity index (χ0) is 28.9. The molecule has 10 heteroatoms. The summed E-state index contributed by atoms with van der Waals surface area (Å²) in [4.78, 5) is 26.4. The van der Waals surface area contributed by atoms with Gasteiger partial charge in [-0.25, -0.2) is 4.79 Å². The number of benzene rings is 3. The normalized spacial score (nSPS) is 12.8. The van der Waals surface area contributed by atoms with E-state index in [2.05, 4.69) is 21.0 Å². The molecule has 1 aliphatic heterocycles. The number of carbonyl (C=O) groups is 2. The van der Waals surface area contributed by atoms with Crippen LogP contribution in [0.5, 0.6) is 11.5 Å². The minimum atomic E-state index is -0.975. The third kappa shape index (κ3) is 6.57. The number of rotatable bonds is 9. The number of anilines is 1. The van der Waals surface area contributed by atoms with Gasteiger partial charge in [0, 0.05) is 45.3 Å². The molecule has 4 aromatic rings. The molecule has 8 nitrogen and oxygen atoms in total. The highest BCUT2D eigenvalue weighted by molar-refractivity contribution is 9.10. The summed E-state index contributed by atoms with van der Waals surface area (Å²) in [6, 6.07) is 16.3. The zero-order valence-electron chi connectivity index (χ0n) is 22.5. The molecule has 3 aromatic carbocycles. The summed E-state index contributed by atoms with van der Waals surface area (Å²) in [5.41, 5.74) is 4.47. The van der Waals surface area contributed by atoms with Gasteiger partial charge in [-0.05, 0) is 55.7 Å². The summed E-state index contributed by atoms with van der Waals surface area (Å²) >= 11 is 9.65. The zero-order valence-corrected chi connectivity index (χ0v) is 24.8. The third-order valence-corrected chi connectivity index (χ3v) is 8.09. The van der Waals surface area contributed by atoms with Gasteiger partial charge in [-0.2, -0.15) is 5.10 Å². The summed E-state index contributed by atoms with van der Waals surface area (Å²) in [5.74, 6) is 0.437. The van der Waals surface area contributed by atoms with Crippen molar-refractivity contribution in [2.45, 2.75) is 32.7 Å². The Kier molecular flexibility index (Phi) is 8.95. The van der Waals surface area contributed by atoms with Crippen molar-refractivity contribution in [3.63, 3.8) is 0 Å². The number of nitrogens with zero attached hydrogens (tertiary/aromatic N) is 3. The van der Waals surface area contributed by atoms with Crippen molar-refractivity contribution in [1.29, 1.82) is 0 Å². The van der Waals surface area contributed by atoms with E-state index < -0.39 is 5.97 Å². The van der Waals surface area contributed by atoms with Crippen molar-refractivity contribution >= 4 is 45.1 Å². The van der Waals surface area contributed by atoms with Crippen LogP contribution in [0.4, 0.5) is 5.69 Å². The Morgan fingerprint density at radius 3 is 2.80 bits per heavy atom. The van der Waals surface area contributed by atoms with Crippen LogP contribution in [-0.4, -0.2) is 46.5 Å². The number of fused-ring (bicyclic) bond motifs is 1. The maximum atomic E-state index is 13.3.